The number of nitrogens with one attached hydrogen (secondary N) is 1. The standard InChI is InChI=1S/C9H14ClN3O2S/c1-8(4-10)6-16(14,15)13-5-9-2-3-11-7-12-9/h2-3,7-8,13H,4-6H2,1H3. The average Bonchev–Trinajstić information content (AvgIpc) is 2.27. The largest absolute Gasteiger partial charge is 0.245 e. The summed E-state index contributed by atoms with van der Waals surface area (Å²) in [5, 5.41) is 0. The summed E-state index contributed by atoms with van der Waals surface area (Å²) in [7, 11) is -3.29. The summed E-state index contributed by atoms with van der Waals surface area (Å²) in [5.74, 6) is 0.292. The molecule has 1 N–H and O–H groups in total. The van der Waals surface area contributed by atoms with Crippen molar-refractivity contribution in [3.63, 3.8) is 0 Å². The predicted octanol–water partition coefficient (Wildman–Crippen LogP) is 0.771. The average molecular weight is 264 g/mol. The van der Waals surface area contributed by atoms with Gasteiger partial charge in [0.2, 0.25) is 10.0 Å². The first-order valence-corrected chi connectivity index (χ1v) is 7.00. The minimum absolute atomic E-state index is 0.0293. The van der Waals surface area contributed by atoms with Gasteiger partial charge in [-0.25, -0.2) is 23.1 Å². The van der Waals surface area contributed by atoms with Crippen molar-refractivity contribution in [2.24, 2.45) is 5.92 Å². The van der Waals surface area contributed by atoms with Crippen LogP contribution in [0.5, 0.6) is 0 Å². The first kappa shape index (κ1) is 13.3. The zero-order valence-corrected chi connectivity index (χ0v) is 10.5. The molecule has 0 saturated carbocycles. The number of alkyl halides is 1. The number of rotatable bonds is 6. The Balaban J connectivity index is 2.49. The molecular formula is C9H14ClN3O2S. The van der Waals surface area contributed by atoms with E-state index in [-0.39, 0.29) is 18.2 Å². The first-order chi connectivity index (χ1) is 7.53. The van der Waals surface area contributed by atoms with Gasteiger partial charge in [-0.05, 0) is 12.0 Å². The van der Waals surface area contributed by atoms with Gasteiger partial charge in [0.1, 0.15) is 6.33 Å². The maximum atomic E-state index is 11.6. The SMILES string of the molecule is CC(CCl)CS(=O)(=O)NCc1ccncn1. The number of aromatic nitrogens is 2. The number of halogens is 1. The molecule has 0 aromatic carbocycles. The van der Waals surface area contributed by atoms with Crippen molar-refractivity contribution in [2.75, 3.05) is 11.6 Å². The van der Waals surface area contributed by atoms with Gasteiger partial charge in [-0.1, -0.05) is 6.92 Å². The normalized spacial score (nSPS) is 13.6. The first-order valence-electron chi connectivity index (χ1n) is 4.81. The van der Waals surface area contributed by atoms with Crippen LogP contribution in [0.4, 0.5) is 0 Å². The molecule has 0 aliphatic carbocycles. The minimum Gasteiger partial charge on any atom is -0.245 e. The van der Waals surface area contributed by atoms with Gasteiger partial charge in [-0.2, -0.15) is 0 Å². The van der Waals surface area contributed by atoms with Crippen LogP contribution in [-0.2, 0) is 16.6 Å². The Morgan fingerprint density at radius 2 is 2.31 bits per heavy atom. The summed E-state index contributed by atoms with van der Waals surface area (Å²) in [6.45, 7) is 1.97. The second-order valence-corrected chi connectivity index (χ2v) is 5.72. The van der Waals surface area contributed by atoms with E-state index in [0.717, 1.165) is 0 Å². The van der Waals surface area contributed by atoms with Gasteiger partial charge >= 0.3 is 0 Å². The number of hydrogen-bond donors (Lipinski definition) is 1. The van der Waals surface area contributed by atoms with E-state index in [0.29, 0.717) is 11.6 Å². The number of hydrogen-bond acceptors (Lipinski definition) is 4. The smallest absolute Gasteiger partial charge is 0.212 e. The lowest BCUT2D eigenvalue weighted by Gasteiger charge is -2.09. The third-order valence-corrected chi connectivity index (χ3v) is 4.00. The molecule has 1 rings (SSSR count). The summed E-state index contributed by atoms with van der Waals surface area (Å²) in [4.78, 5) is 7.66. The highest BCUT2D eigenvalue weighted by atomic mass is 35.5. The molecule has 1 aromatic rings. The monoisotopic (exact) mass is 263 g/mol. The lowest BCUT2D eigenvalue weighted by molar-refractivity contribution is 0.567. The van der Waals surface area contributed by atoms with Gasteiger partial charge in [-0.3, -0.25) is 0 Å². The van der Waals surface area contributed by atoms with Gasteiger partial charge in [-0.15, -0.1) is 11.6 Å². The molecule has 90 valence electrons. The summed E-state index contributed by atoms with van der Waals surface area (Å²) < 4.78 is 25.6. The molecule has 0 radical (unpaired) electrons. The molecule has 7 heteroatoms. The fraction of sp³-hybridized carbons (Fsp3) is 0.556. The molecule has 0 fully saturated rings. The van der Waals surface area contributed by atoms with E-state index < -0.39 is 10.0 Å². The molecule has 1 atom stereocenters. The highest BCUT2D eigenvalue weighted by Gasteiger charge is 2.14. The van der Waals surface area contributed by atoms with Crippen LogP contribution in [0.2, 0.25) is 0 Å². The Labute approximate surface area is 100 Å². The molecule has 0 spiro atoms. The molecule has 1 heterocycles. The Hall–Kier alpha value is -0.720. The fourth-order valence-corrected chi connectivity index (χ4v) is 2.68. The van der Waals surface area contributed by atoms with E-state index in [9.17, 15) is 8.42 Å². The van der Waals surface area contributed by atoms with E-state index >= 15 is 0 Å². The molecule has 0 amide bonds. The third-order valence-electron chi connectivity index (χ3n) is 1.88. The van der Waals surface area contributed by atoms with Crippen LogP contribution in [0.1, 0.15) is 12.6 Å². The molecule has 1 unspecified atom stereocenters. The summed E-state index contributed by atoms with van der Waals surface area (Å²) in [5.41, 5.74) is 0.636. The van der Waals surface area contributed by atoms with Crippen LogP contribution >= 0.6 is 11.6 Å². The van der Waals surface area contributed by atoms with Crippen molar-refractivity contribution >= 4 is 21.6 Å². The predicted molar refractivity (Wildman–Crippen MR) is 62.5 cm³/mol. The minimum atomic E-state index is -3.29. The lowest BCUT2D eigenvalue weighted by atomic mass is 10.3. The van der Waals surface area contributed by atoms with Crippen molar-refractivity contribution in [3.05, 3.63) is 24.3 Å². The lowest BCUT2D eigenvalue weighted by Crippen LogP contribution is -2.29. The third kappa shape index (κ3) is 4.87. The molecule has 16 heavy (non-hydrogen) atoms. The number of sulfonamides is 1. The second-order valence-electron chi connectivity index (χ2n) is 3.56. The molecule has 1 aromatic heterocycles. The van der Waals surface area contributed by atoms with Crippen LogP contribution < -0.4 is 4.72 Å². The van der Waals surface area contributed by atoms with Crippen LogP contribution in [-0.4, -0.2) is 30.0 Å². The quantitative estimate of drug-likeness (QED) is 0.770. The van der Waals surface area contributed by atoms with Gasteiger partial charge in [0.15, 0.2) is 0 Å². The molecule has 0 bridgehead atoms. The Morgan fingerprint density at radius 3 is 2.88 bits per heavy atom. The second kappa shape index (κ2) is 6.12. The van der Waals surface area contributed by atoms with Crippen LogP contribution in [0.3, 0.4) is 0 Å². The summed E-state index contributed by atoms with van der Waals surface area (Å²) in [6.07, 6.45) is 2.95. The van der Waals surface area contributed by atoms with Gasteiger partial charge in [0, 0.05) is 12.1 Å². The van der Waals surface area contributed by atoms with E-state index in [1.54, 1.807) is 19.2 Å². The molecular weight excluding hydrogens is 250 g/mol. The topological polar surface area (TPSA) is 72.0 Å². The molecule has 0 aliphatic rings. The molecule has 5 nitrogen and oxygen atoms in total. The van der Waals surface area contributed by atoms with Crippen molar-refractivity contribution in [2.45, 2.75) is 13.5 Å². The highest BCUT2D eigenvalue weighted by molar-refractivity contribution is 7.89. The van der Waals surface area contributed by atoms with Crippen LogP contribution in [0, 0.1) is 5.92 Å². The fourth-order valence-electron chi connectivity index (χ4n) is 1.08. The van der Waals surface area contributed by atoms with Crippen LogP contribution in [0.15, 0.2) is 18.6 Å². The van der Waals surface area contributed by atoms with Gasteiger partial charge < -0.3 is 0 Å². The van der Waals surface area contributed by atoms with Crippen LogP contribution in [0.25, 0.3) is 0 Å². The van der Waals surface area contributed by atoms with Crippen molar-refractivity contribution in [1.82, 2.24) is 14.7 Å². The maximum absolute atomic E-state index is 11.6. The zero-order valence-electron chi connectivity index (χ0n) is 8.93. The Kier molecular flexibility index (Phi) is 5.11. The maximum Gasteiger partial charge on any atom is 0.212 e. The molecule has 0 aliphatic heterocycles. The number of nitrogens with zero attached hydrogens (tertiary/aromatic N) is 2. The Morgan fingerprint density at radius 1 is 1.56 bits per heavy atom. The van der Waals surface area contributed by atoms with E-state index in [4.69, 9.17) is 11.6 Å². The highest BCUT2D eigenvalue weighted by Crippen LogP contribution is 2.02. The zero-order chi connectivity index (χ0) is 12.0. The van der Waals surface area contributed by atoms with E-state index in [1.165, 1.54) is 6.33 Å². The van der Waals surface area contributed by atoms with Gasteiger partial charge in [0.05, 0.1) is 18.0 Å². The van der Waals surface area contributed by atoms with Crippen molar-refractivity contribution in [1.29, 1.82) is 0 Å². The van der Waals surface area contributed by atoms with Crippen molar-refractivity contribution in [3.8, 4) is 0 Å². The van der Waals surface area contributed by atoms with E-state index in [1.807, 2.05) is 0 Å². The summed E-state index contributed by atoms with van der Waals surface area (Å²) >= 11 is 5.56. The van der Waals surface area contributed by atoms with Gasteiger partial charge in [0.25, 0.3) is 0 Å². The van der Waals surface area contributed by atoms with E-state index in [2.05, 4.69) is 14.7 Å². The summed E-state index contributed by atoms with van der Waals surface area (Å²) in [6, 6.07) is 1.66. The van der Waals surface area contributed by atoms with Crippen molar-refractivity contribution < 1.29 is 8.42 Å². The Bertz CT molecular complexity index is 410. The molecule has 0 saturated heterocycles.